The van der Waals surface area contributed by atoms with Gasteiger partial charge in [0, 0.05) is 28.8 Å². The maximum Gasteiger partial charge on any atom is 0.125 e. The highest BCUT2D eigenvalue weighted by Gasteiger charge is 2.65. The Hall–Kier alpha value is -4.82. The molecule has 11 unspecified atom stereocenters. The third-order valence-corrected chi connectivity index (χ3v) is 18.0. The van der Waals surface area contributed by atoms with Gasteiger partial charge in [0.05, 0.1) is 0 Å². The second-order valence-corrected chi connectivity index (χ2v) is 20.7. The number of hydrogen-bond donors (Lipinski definition) is 0. The predicted molar refractivity (Wildman–Crippen MR) is 245 cm³/mol. The van der Waals surface area contributed by atoms with Crippen LogP contribution in [0.3, 0.4) is 0 Å². The van der Waals surface area contributed by atoms with E-state index in [9.17, 15) is 0 Å². The Kier molecular flexibility index (Phi) is 7.98. The minimum atomic E-state index is -0.0113. The smallest absolute Gasteiger partial charge is 0.125 e. The second kappa shape index (κ2) is 13.3. The first kappa shape index (κ1) is 35.9. The number of benzene rings is 2. The summed E-state index contributed by atoms with van der Waals surface area (Å²) in [7, 11) is 0. The summed E-state index contributed by atoms with van der Waals surface area (Å²) >= 11 is 0. The van der Waals surface area contributed by atoms with Crippen LogP contribution in [0.25, 0.3) is 0 Å². The molecule has 2 aromatic carbocycles. The summed E-state index contributed by atoms with van der Waals surface area (Å²) in [6.07, 6.45) is 48.7. The third kappa shape index (κ3) is 4.88. The van der Waals surface area contributed by atoms with Crippen molar-refractivity contribution >= 4 is 5.69 Å². The largest absolute Gasteiger partial charge is 0.486 e. The SMILES string of the molecule is CC1(C)C2=C(C=CCC2)C2=CC=C(N(c3ccc4c(c3)C3(C5=CC=CCC5C5C=CC=CC53)C3CC(c5ccccc5)CCC43)C3CC=CC4OC5=C(CCC=C5)C43)CC21. The lowest BCUT2D eigenvalue weighted by molar-refractivity contribution is 0.143. The van der Waals surface area contributed by atoms with Crippen molar-refractivity contribution < 1.29 is 4.74 Å². The molecule has 10 aliphatic carbocycles. The lowest BCUT2D eigenvalue weighted by Gasteiger charge is -2.46. The number of allylic oxidation sites excluding steroid dienone is 18. The van der Waals surface area contributed by atoms with Gasteiger partial charge in [0.2, 0.25) is 0 Å². The van der Waals surface area contributed by atoms with Crippen LogP contribution in [0.15, 0.2) is 179 Å². The quantitative estimate of drug-likeness (QED) is 0.286. The van der Waals surface area contributed by atoms with Gasteiger partial charge >= 0.3 is 0 Å². The highest BCUT2D eigenvalue weighted by molar-refractivity contribution is 5.68. The lowest BCUT2D eigenvalue weighted by Crippen LogP contribution is -2.46. The number of ether oxygens (including phenoxy) is 1. The average molecular weight is 786 g/mol. The molecule has 2 saturated carbocycles. The van der Waals surface area contributed by atoms with Crippen molar-refractivity contribution in [3.05, 3.63) is 196 Å². The summed E-state index contributed by atoms with van der Waals surface area (Å²) in [5.41, 5.74) is 16.0. The molecule has 11 atom stereocenters. The molecule has 0 saturated heterocycles. The number of rotatable bonds is 4. The van der Waals surface area contributed by atoms with Crippen LogP contribution in [-0.4, -0.2) is 12.1 Å². The zero-order chi connectivity index (χ0) is 39.7. The Morgan fingerprint density at radius 2 is 1.67 bits per heavy atom. The Morgan fingerprint density at radius 3 is 2.60 bits per heavy atom. The maximum absolute atomic E-state index is 6.82. The highest BCUT2D eigenvalue weighted by Crippen LogP contribution is 2.72. The van der Waals surface area contributed by atoms with Crippen molar-refractivity contribution in [1.82, 2.24) is 0 Å². The molecule has 11 aliphatic rings. The van der Waals surface area contributed by atoms with Crippen LogP contribution in [-0.2, 0) is 10.2 Å². The average Bonchev–Trinajstić information content (AvgIpc) is 3.99. The lowest BCUT2D eigenvalue weighted by atomic mass is 9.57. The van der Waals surface area contributed by atoms with Crippen LogP contribution in [0, 0.1) is 40.9 Å². The molecular weight excluding hydrogens is 727 g/mol. The third-order valence-electron chi connectivity index (χ3n) is 18.0. The van der Waals surface area contributed by atoms with Gasteiger partial charge in [-0.3, -0.25) is 0 Å². The van der Waals surface area contributed by atoms with E-state index in [1.54, 1.807) is 39.0 Å². The molecule has 2 fully saturated rings. The summed E-state index contributed by atoms with van der Waals surface area (Å²) in [6, 6.07) is 19.9. The van der Waals surface area contributed by atoms with E-state index in [1.165, 1.54) is 49.1 Å². The van der Waals surface area contributed by atoms with E-state index < -0.39 is 0 Å². The topological polar surface area (TPSA) is 12.5 Å². The first-order chi connectivity index (χ1) is 29.5. The summed E-state index contributed by atoms with van der Waals surface area (Å²) < 4.78 is 6.82. The Labute approximate surface area is 357 Å². The molecule has 0 radical (unpaired) electrons. The van der Waals surface area contributed by atoms with E-state index in [0.717, 1.165) is 37.9 Å². The van der Waals surface area contributed by atoms with Gasteiger partial charge in [-0.1, -0.05) is 134 Å². The normalized spacial score (nSPS) is 37.9. The molecule has 1 spiro atoms. The zero-order valence-electron chi connectivity index (χ0n) is 35.5. The predicted octanol–water partition coefficient (Wildman–Crippen LogP) is 13.8. The fourth-order valence-electron chi connectivity index (χ4n) is 15.6. The van der Waals surface area contributed by atoms with Gasteiger partial charge in [-0.25, -0.2) is 0 Å². The van der Waals surface area contributed by atoms with Gasteiger partial charge < -0.3 is 9.64 Å². The first-order valence-electron chi connectivity index (χ1n) is 23.8. The molecular formula is C58H59NO. The van der Waals surface area contributed by atoms with Crippen LogP contribution in [0.2, 0.25) is 0 Å². The molecule has 0 N–H and O–H groups in total. The van der Waals surface area contributed by atoms with Gasteiger partial charge in [0.15, 0.2) is 0 Å². The van der Waals surface area contributed by atoms with Crippen LogP contribution >= 0.6 is 0 Å². The number of nitrogens with zero attached hydrogens (tertiary/aromatic N) is 1. The molecule has 2 nitrogen and oxygen atoms in total. The van der Waals surface area contributed by atoms with E-state index >= 15 is 0 Å². The number of hydrogen-bond acceptors (Lipinski definition) is 2. The highest BCUT2D eigenvalue weighted by atomic mass is 16.5. The molecule has 2 heteroatoms. The number of fused-ring (bicyclic) bond motifs is 14. The van der Waals surface area contributed by atoms with Crippen LogP contribution < -0.4 is 4.90 Å². The summed E-state index contributed by atoms with van der Waals surface area (Å²) in [6.45, 7) is 5.09. The zero-order valence-corrected chi connectivity index (χ0v) is 35.5. The second-order valence-electron chi connectivity index (χ2n) is 20.7. The Bertz CT molecular complexity index is 2520. The van der Waals surface area contributed by atoms with E-state index in [0.29, 0.717) is 53.4 Å². The molecule has 60 heavy (non-hydrogen) atoms. The van der Waals surface area contributed by atoms with Crippen molar-refractivity contribution in [3.63, 3.8) is 0 Å². The molecule has 0 aromatic heterocycles. The van der Waals surface area contributed by atoms with Gasteiger partial charge in [-0.2, -0.15) is 0 Å². The van der Waals surface area contributed by atoms with Gasteiger partial charge in [0.25, 0.3) is 0 Å². The molecule has 1 heterocycles. The van der Waals surface area contributed by atoms with Crippen LogP contribution in [0.4, 0.5) is 5.69 Å². The molecule has 302 valence electrons. The van der Waals surface area contributed by atoms with Gasteiger partial charge in [-0.15, -0.1) is 0 Å². The fraction of sp³-hybridized carbons (Fsp3) is 0.414. The van der Waals surface area contributed by atoms with E-state index in [2.05, 4.69) is 158 Å². The van der Waals surface area contributed by atoms with Gasteiger partial charge in [0.1, 0.15) is 11.9 Å². The summed E-state index contributed by atoms with van der Waals surface area (Å²) in [5, 5.41) is 0. The number of anilines is 1. The van der Waals surface area contributed by atoms with Gasteiger partial charge in [-0.05, 0) is 175 Å². The molecule has 2 aromatic rings. The van der Waals surface area contributed by atoms with Crippen molar-refractivity contribution in [3.8, 4) is 0 Å². The maximum atomic E-state index is 6.82. The summed E-state index contributed by atoms with van der Waals surface area (Å²) in [4.78, 5) is 2.90. The van der Waals surface area contributed by atoms with E-state index in [4.69, 9.17) is 4.74 Å². The van der Waals surface area contributed by atoms with Crippen molar-refractivity contribution in [2.24, 2.45) is 40.9 Å². The van der Waals surface area contributed by atoms with Crippen LogP contribution in [0.1, 0.15) is 107 Å². The minimum absolute atomic E-state index is 0.0113. The van der Waals surface area contributed by atoms with Crippen molar-refractivity contribution in [1.29, 1.82) is 0 Å². The molecule has 0 bridgehead atoms. The van der Waals surface area contributed by atoms with E-state index in [-0.39, 0.29) is 16.9 Å². The molecule has 0 amide bonds. The van der Waals surface area contributed by atoms with Crippen LogP contribution in [0.5, 0.6) is 0 Å². The Morgan fingerprint density at radius 1 is 0.783 bits per heavy atom. The first-order valence-corrected chi connectivity index (χ1v) is 23.8. The summed E-state index contributed by atoms with van der Waals surface area (Å²) in [5.74, 6) is 5.34. The monoisotopic (exact) mass is 785 g/mol. The molecule has 1 aliphatic heterocycles. The van der Waals surface area contributed by atoms with E-state index in [1.807, 2.05) is 0 Å². The Balaban J connectivity index is 0.999. The van der Waals surface area contributed by atoms with Crippen molar-refractivity contribution in [2.45, 2.75) is 107 Å². The van der Waals surface area contributed by atoms with Crippen molar-refractivity contribution in [2.75, 3.05) is 4.90 Å². The minimum Gasteiger partial charge on any atom is -0.486 e. The fourth-order valence-corrected chi connectivity index (χ4v) is 15.6. The standard InChI is InChI=1S/C58H59NO/c1-57(2)47-21-10-6-17-40(47)43-31-28-38(34-50(43)57)59(53-24-14-26-55-56(53)46-20-9-13-25-54(46)60-55)39-29-32-45-44-30-27-37(36-15-4-3-5-16-36)33-51(44)58(52(45)35-39)48-22-11-7-18-41(48)42-19-8-12-23-49(42)58/h3-8,11-18,22-23,25-26,28-29,31-32,35,37,41-42,44,48,50-51,53,55-56H,9-10,19-21,24,27,30,33-34H2,1-2H3. The molecule has 13 rings (SSSR count).